The number of methoxy groups -OCH3 is 1. The molecule has 0 bridgehead atoms. The number of benzene rings is 2. The first-order chi connectivity index (χ1) is 11.6. The van der Waals surface area contributed by atoms with Crippen LogP contribution in [0.15, 0.2) is 53.7 Å². The average Bonchev–Trinajstić information content (AvgIpc) is 2.60. The van der Waals surface area contributed by atoms with E-state index in [1.807, 2.05) is 12.1 Å². The Labute approximate surface area is 142 Å². The highest BCUT2D eigenvalue weighted by atomic mass is 16.6. The molecule has 1 N–H and O–H groups in total. The summed E-state index contributed by atoms with van der Waals surface area (Å²) in [5, 5.41) is 6.54. The molecule has 0 atom stereocenters. The van der Waals surface area contributed by atoms with Crippen LogP contribution >= 0.6 is 0 Å². The Morgan fingerprint density at radius 2 is 1.79 bits per heavy atom. The number of nitrogens with one attached hydrogen (secondary N) is 1. The lowest BCUT2D eigenvalue weighted by Crippen LogP contribution is -2.16. The Hall–Kier alpha value is -2.82. The van der Waals surface area contributed by atoms with Crippen LogP contribution in [0.3, 0.4) is 0 Å². The minimum Gasteiger partial charge on any atom is -0.497 e. The van der Waals surface area contributed by atoms with E-state index in [1.165, 1.54) is 5.56 Å². The second kappa shape index (κ2) is 8.72. The number of rotatable bonds is 7. The van der Waals surface area contributed by atoms with E-state index >= 15 is 0 Å². The van der Waals surface area contributed by atoms with E-state index < -0.39 is 0 Å². The fourth-order valence-corrected chi connectivity index (χ4v) is 2.03. The predicted molar refractivity (Wildman–Crippen MR) is 95.7 cm³/mol. The van der Waals surface area contributed by atoms with Crippen LogP contribution in [0.1, 0.15) is 30.9 Å². The van der Waals surface area contributed by atoms with Crippen LogP contribution in [0.2, 0.25) is 0 Å². The highest BCUT2D eigenvalue weighted by Gasteiger charge is 2.03. The Balaban J connectivity index is 1.77. The van der Waals surface area contributed by atoms with Crippen molar-refractivity contribution in [3.05, 3.63) is 59.7 Å². The second-order valence-corrected chi connectivity index (χ2v) is 5.61. The zero-order valence-electron chi connectivity index (χ0n) is 14.2. The van der Waals surface area contributed by atoms with Crippen molar-refractivity contribution in [2.75, 3.05) is 19.0 Å². The van der Waals surface area contributed by atoms with Crippen molar-refractivity contribution in [2.45, 2.75) is 19.8 Å². The fourth-order valence-electron chi connectivity index (χ4n) is 2.03. The molecule has 2 aromatic rings. The molecule has 0 unspecified atom stereocenters. The Bertz CT molecular complexity index is 677. The Morgan fingerprint density at radius 1 is 1.12 bits per heavy atom. The summed E-state index contributed by atoms with van der Waals surface area (Å²) in [5.41, 5.74) is 2.87. The molecule has 5 heteroatoms. The van der Waals surface area contributed by atoms with E-state index in [9.17, 15) is 4.79 Å². The molecule has 0 saturated heterocycles. The number of amides is 1. The van der Waals surface area contributed by atoms with E-state index in [1.54, 1.807) is 37.6 Å². The van der Waals surface area contributed by atoms with Crippen LogP contribution in [-0.4, -0.2) is 25.8 Å². The quantitative estimate of drug-likeness (QED) is 0.622. The molecule has 5 nitrogen and oxygen atoms in total. The number of nitrogens with zero attached hydrogens (tertiary/aromatic N) is 1. The van der Waals surface area contributed by atoms with Gasteiger partial charge >= 0.3 is 0 Å². The smallest absolute Gasteiger partial charge is 0.265 e. The van der Waals surface area contributed by atoms with Crippen molar-refractivity contribution in [3.8, 4) is 5.75 Å². The number of anilines is 1. The largest absolute Gasteiger partial charge is 0.497 e. The fraction of sp³-hybridized carbons (Fsp3) is 0.263. The zero-order valence-corrected chi connectivity index (χ0v) is 14.2. The highest BCUT2D eigenvalue weighted by molar-refractivity contribution is 5.91. The third-order valence-corrected chi connectivity index (χ3v) is 3.45. The molecular weight excluding hydrogens is 304 g/mol. The van der Waals surface area contributed by atoms with Crippen LogP contribution < -0.4 is 10.1 Å². The molecule has 2 rings (SSSR count). The summed E-state index contributed by atoms with van der Waals surface area (Å²) >= 11 is 0. The maximum Gasteiger partial charge on any atom is 0.265 e. The standard InChI is InChI=1S/C19H22N2O3/c1-14(2)16-6-4-15(5-7-16)12-20-24-13-19(22)21-17-8-10-18(23-3)11-9-17/h4-12,14H,13H2,1-3H3,(H,21,22)/b20-12-. The molecule has 0 radical (unpaired) electrons. The summed E-state index contributed by atoms with van der Waals surface area (Å²) in [6.07, 6.45) is 1.59. The number of oxime groups is 1. The topological polar surface area (TPSA) is 59.9 Å². The lowest BCUT2D eigenvalue weighted by atomic mass is 10.0. The summed E-state index contributed by atoms with van der Waals surface area (Å²) in [7, 11) is 1.59. The number of carbonyl (C=O) groups excluding carboxylic acids is 1. The zero-order chi connectivity index (χ0) is 17.4. The predicted octanol–water partition coefficient (Wildman–Crippen LogP) is 3.81. The Kier molecular flexibility index (Phi) is 6.37. The normalized spacial score (nSPS) is 10.8. The van der Waals surface area contributed by atoms with Gasteiger partial charge in [0.25, 0.3) is 5.91 Å². The maximum absolute atomic E-state index is 11.8. The minimum atomic E-state index is -0.271. The molecule has 0 aliphatic heterocycles. The lowest BCUT2D eigenvalue weighted by Gasteiger charge is -2.05. The molecule has 0 heterocycles. The molecule has 0 aromatic heterocycles. The molecule has 0 aliphatic rings. The molecule has 0 spiro atoms. The summed E-state index contributed by atoms with van der Waals surface area (Å²) in [5.74, 6) is 0.957. The number of ether oxygens (including phenoxy) is 1. The van der Waals surface area contributed by atoms with Crippen molar-refractivity contribution in [2.24, 2.45) is 5.16 Å². The monoisotopic (exact) mass is 326 g/mol. The van der Waals surface area contributed by atoms with Gasteiger partial charge in [-0.25, -0.2) is 0 Å². The van der Waals surface area contributed by atoms with E-state index in [-0.39, 0.29) is 12.5 Å². The first kappa shape index (κ1) is 17.5. The maximum atomic E-state index is 11.8. The molecule has 0 saturated carbocycles. The summed E-state index contributed by atoms with van der Waals surface area (Å²) in [4.78, 5) is 16.8. The van der Waals surface area contributed by atoms with Crippen LogP contribution in [0.25, 0.3) is 0 Å². The van der Waals surface area contributed by atoms with Gasteiger partial charge in [-0.2, -0.15) is 0 Å². The van der Waals surface area contributed by atoms with Gasteiger partial charge in [0.05, 0.1) is 13.3 Å². The highest BCUT2D eigenvalue weighted by Crippen LogP contribution is 2.15. The molecule has 0 fully saturated rings. The summed E-state index contributed by atoms with van der Waals surface area (Å²) in [6, 6.07) is 15.1. The van der Waals surface area contributed by atoms with Gasteiger partial charge in [0.15, 0.2) is 6.61 Å². The van der Waals surface area contributed by atoms with Crippen molar-refractivity contribution in [1.82, 2.24) is 0 Å². The summed E-state index contributed by atoms with van der Waals surface area (Å²) < 4.78 is 5.06. The van der Waals surface area contributed by atoms with Crippen LogP contribution in [-0.2, 0) is 9.63 Å². The third kappa shape index (κ3) is 5.43. The average molecular weight is 326 g/mol. The number of hydrogen-bond donors (Lipinski definition) is 1. The Morgan fingerprint density at radius 3 is 2.38 bits per heavy atom. The minimum absolute atomic E-state index is 0.146. The van der Waals surface area contributed by atoms with Gasteiger partial charge in [0, 0.05) is 5.69 Å². The van der Waals surface area contributed by atoms with Crippen LogP contribution in [0, 0.1) is 0 Å². The van der Waals surface area contributed by atoms with Crippen LogP contribution in [0.5, 0.6) is 5.75 Å². The van der Waals surface area contributed by atoms with Gasteiger partial charge in [0.1, 0.15) is 5.75 Å². The molecule has 24 heavy (non-hydrogen) atoms. The van der Waals surface area contributed by atoms with Crippen molar-refractivity contribution >= 4 is 17.8 Å². The van der Waals surface area contributed by atoms with Crippen LogP contribution in [0.4, 0.5) is 5.69 Å². The molecule has 2 aromatic carbocycles. The SMILES string of the molecule is COc1ccc(NC(=O)CO/N=C\c2ccc(C(C)C)cc2)cc1. The van der Waals surface area contributed by atoms with Crippen molar-refractivity contribution in [3.63, 3.8) is 0 Å². The van der Waals surface area contributed by atoms with E-state index in [4.69, 9.17) is 9.57 Å². The first-order valence-corrected chi connectivity index (χ1v) is 7.77. The second-order valence-electron chi connectivity index (χ2n) is 5.61. The van der Waals surface area contributed by atoms with Gasteiger partial charge in [-0.05, 0) is 41.3 Å². The van der Waals surface area contributed by atoms with Crippen molar-refractivity contribution in [1.29, 1.82) is 0 Å². The van der Waals surface area contributed by atoms with Gasteiger partial charge in [-0.3, -0.25) is 4.79 Å². The summed E-state index contributed by atoms with van der Waals surface area (Å²) in [6.45, 7) is 4.15. The first-order valence-electron chi connectivity index (χ1n) is 7.77. The third-order valence-electron chi connectivity index (χ3n) is 3.45. The van der Waals surface area contributed by atoms with Gasteiger partial charge in [-0.1, -0.05) is 43.3 Å². The van der Waals surface area contributed by atoms with Gasteiger partial charge < -0.3 is 14.9 Å². The van der Waals surface area contributed by atoms with Gasteiger partial charge in [0.2, 0.25) is 0 Å². The van der Waals surface area contributed by atoms with E-state index in [2.05, 4.69) is 36.5 Å². The van der Waals surface area contributed by atoms with Crippen molar-refractivity contribution < 1.29 is 14.4 Å². The van der Waals surface area contributed by atoms with E-state index in [0.29, 0.717) is 11.6 Å². The molecular formula is C19H22N2O3. The lowest BCUT2D eigenvalue weighted by molar-refractivity contribution is -0.120. The van der Waals surface area contributed by atoms with Gasteiger partial charge in [-0.15, -0.1) is 0 Å². The number of carbonyl (C=O) groups is 1. The van der Waals surface area contributed by atoms with E-state index in [0.717, 1.165) is 11.3 Å². The molecule has 0 aliphatic carbocycles. The molecule has 126 valence electrons. The molecule has 1 amide bonds. The number of hydrogen-bond acceptors (Lipinski definition) is 4.